The average Bonchev–Trinajstić information content (AvgIpc) is 2.97. The van der Waals surface area contributed by atoms with Gasteiger partial charge in [0.25, 0.3) is 0 Å². The van der Waals surface area contributed by atoms with Crippen LogP contribution in [0.15, 0.2) is 12.5 Å². The molecule has 1 N–H and O–H groups in total. The molecule has 1 aliphatic heterocycles. The van der Waals surface area contributed by atoms with Crippen LogP contribution in [-0.2, 0) is 17.1 Å². The van der Waals surface area contributed by atoms with Crippen LogP contribution in [0.25, 0.3) is 11.4 Å². The Morgan fingerprint density at radius 3 is 2.58 bits per heavy atom. The number of sulfonamides is 1. The Hall–Kier alpha value is -2.51. The molecular weight excluding hydrogens is 354 g/mol. The molecular formula is C16H21N7O2S. The van der Waals surface area contributed by atoms with E-state index in [0.717, 1.165) is 5.56 Å². The van der Waals surface area contributed by atoms with Crippen molar-refractivity contribution in [1.82, 2.24) is 23.8 Å². The number of nitriles is 1. The van der Waals surface area contributed by atoms with Gasteiger partial charge in [0.05, 0.1) is 12.6 Å². The smallest absolute Gasteiger partial charge is 0.223 e. The molecule has 0 bridgehead atoms. The van der Waals surface area contributed by atoms with E-state index < -0.39 is 10.0 Å². The van der Waals surface area contributed by atoms with Crippen molar-refractivity contribution in [2.45, 2.75) is 25.8 Å². The Kier molecular flexibility index (Phi) is 4.93. The number of rotatable bonds is 4. The van der Waals surface area contributed by atoms with Crippen molar-refractivity contribution in [3.05, 3.63) is 23.8 Å². The molecule has 0 saturated carbocycles. The van der Waals surface area contributed by atoms with Crippen LogP contribution in [0.3, 0.4) is 0 Å². The van der Waals surface area contributed by atoms with E-state index in [0.29, 0.717) is 49.0 Å². The highest BCUT2D eigenvalue weighted by Crippen LogP contribution is 2.24. The van der Waals surface area contributed by atoms with Crippen molar-refractivity contribution in [2.75, 3.05) is 24.7 Å². The van der Waals surface area contributed by atoms with E-state index >= 15 is 0 Å². The van der Waals surface area contributed by atoms with Crippen molar-refractivity contribution in [3.63, 3.8) is 0 Å². The van der Waals surface area contributed by atoms with Gasteiger partial charge in [0.15, 0.2) is 0 Å². The fourth-order valence-electron chi connectivity index (χ4n) is 3.00. The lowest BCUT2D eigenvalue weighted by atomic mass is 10.1. The standard InChI is InChI=1S/C16H21N7O2S/c1-11-9-18-16(20-12-4-6-23(7-5-12)26(3,24)25)21-14(11)15-13(8-17)22(2)10-19-15/h9-10,12H,4-7H2,1-3H3,(H,18,20,21). The average molecular weight is 375 g/mol. The zero-order chi connectivity index (χ0) is 18.9. The fraction of sp³-hybridized carbons (Fsp3) is 0.500. The minimum Gasteiger partial charge on any atom is -0.351 e. The topological polar surface area (TPSA) is 117 Å². The summed E-state index contributed by atoms with van der Waals surface area (Å²) < 4.78 is 26.3. The summed E-state index contributed by atoms with van der Waals surface area (Å²) in [6, 6.07) is 2.25. The van der Waals surface area contributed by atoms with Gasteiger partial charge < -0.3 is 9.88 Å². The lowest BCUT2D eigenvalue weighted by Crippen LogP contribution is -2.42. The number of aromatic nitrogens is 4. The van der Waals surface area contributed by atoms with E-state index in [-0.39, 0.29) is 6.04 Å². The number of nitrogens with one attached hydrogen (secondary N) is 1. The van der Waals surface area contributed by atoms with Gasteiger partial charge in [-0.2, -0.15) is 5.26 Å². The van der Waals surface area contributed by atoms with E-state index in [1.165, 1.54) is 10.6 Å². The molecule has 0 amide bonds. The van der Waals surface area contributed by atoms with Crippen molar-refractivity contribution < 1.29 is 8.42 Å². The van der Waals surface area contributed by atoms with Gasteiger partial charge in [-0.25, -0.2) is 27.7 Å². The summed E-state index contributed by atoms with van der Waals surface area (Å²) in [5.41, 5.74) is 2.43. The zero-order valence-corrected chi connectivity index (χ0v) is 15.8. The molecule has 138 valence electrons. The molecule has 0 atom stereocenters. The molecule has 1 saturated heterocycles. The third kappa shape index (κ3) is 3.68. The van der Waals surface area contributed by atoms with Crippen LogP contribution < -0.4 is 5.32 Å². The molecule has 26 heavy (non-hydrogen) atoms. The van der Waals surface area contributed by atoms with Gasteiger partial charge in [-0.3, -0.25) is 0 Å². The van der Waals surface area contributed by atoms with Crippen LogP contribution in [-0.4, -0.2) is 57.6 Å². The molecule has 0 unspecified atom stereocenters. The largest absolute Gasteiger partial charge is 0.351 e. The van der Waals surface area contributed by atoms with Gasteiger partial charge in [-0.15, -0.1) is 0 Å². The first-order valence-corrected chi connectivity index (χ1v) is 10.1. The highest BCUT2D eigenvalue weighted by molar-refractivity contribution is 7.88. The lowest BCUT2D eigenvalue weighted by molar-refractivity contribution is 0.331. The number of piperidine rings is 1. The fourth-order valence-corrected chi connectivity index (χ4v) is 3.88. The summed E-state index contributed by atoms with van der Waals surface area (Å²) in [5.74, 6) is 0.456. The summed E-state index contributed by atoms with van der Waals surface area (Å²) in [4.78, 5) is 13.2. The van der Waals surface area contributed by atoms with Crippen molar-refractivity contribution in [1.29, 1.82) is 5.26 Å². The molecule has 0 aliphatic carbocycles. The molecule has 10 heteroatoms. The third-order valence-electron chi connectivity index (χ3n) is 4.50. The van der Waals surface area contributed by atoms with Gasteiger partial charge in [0, 0.05) is 32.4 Å². The van der Waals surface area contributed by atoms with Gasteiger partial charge in [-0.1, -0.05) is 0 Å². The van der Waals surface area contributed by atoms with Crippen molar-refractivity contribution in [2.24, 2.45) is 7.05 Å². The van der Waals surface area contributed by atoms with Crippen LogP contribution in [0.5, 0.6) is 0 Å². The van der Waals surface area contributed by atoms with Crippen molar-refractivity contribution >= 4 is 16.0 Å². The van der Waals surface area contributed by atoms with Gasteiger partial charge >= 0.3 is 0 Å². The molecule has 1 aliphatic rings. The summed E-state index contributed by atoms with van der Waals surface area (Å²) in [5, 5.41) is 12.6. The second-order valence-electron chi connectivity index (χ2n) is 6.47. The highest BCUT2D eigenvalue weighted by Gasteiger charge is 2.25. The molecule has 0 radical (unpaired) electrons. The maximum absolute atomic E-state index is 11.6. The summed E-state index contributed by atoms with van der Waals surface area (Å²) in [7, 11) is -1.38. The van der Waals surface area contributed by atoms with Gasteiger partial charge in [-0.05, 0) is 25.3 Å². The highest BCUT2D eigenvalue weighted by atomic mass is 32.2. The Labute approximate surface area is 152 Å². The van der Waals surface area contributed by atoms with Crippen LogP contribution in [0.2, 0.25) is 0 Å². The maximum Gasteiger partial charge on any atom is 0.223 e. The number of hydrogen-bond donors (Lipinski definition) is 1. The zero-order valence-electron chi connectivity index (χ0n) is 15.0. The number of imidazole rings is 1. The Bertz CT molecular complexity index is 953. The quantitative estimate of drug-likeness (QED) is 0.843. The molecule has 1 fully saturated rings. The van der Waals surface area contributed by atoms with Crippen LogP contribution in [0, 0.1) is 18.3 Å². The van der Waals surface area contributed by atoms with E-state index in [1.54, 1.807) is 24.1 Å². The number of hydrogen-bond acceptors (Lipinski definition) is 7. The van der Waals surface area contributed by atoms with Gasteiger partial charge in [0.1, 0.15) is 23.2 Å². The lowest BCUT2D eigenvalue weighted by Gasteiger charge is -2.30. The first-order valence-electron chi connectivity index (χ1n) is 8.26. The Balaban J connectivity index is 1.78. The summed E-state index contributed by atoms with van der Waals surface area (Å²) in [6.07, 6.45) is 5.89. The summed E-state index contributed by atoms with van der Waals surface area (Å²) >= 11 is 0. The van der Waals surface area contributed by atoms with E-state index in [2.05, 4.69) is 26.3 Å². The predicted molar refractivity (Wildman–Crippen MR) is 96.7 cm³/mol. The Morgan fingerprint density at radius 2 is 1.96 bits per heavy atom. The molecule has 9 nitrogen and oxygen atoms in total. The number of aryl methyl sites for hydroxylation is 2. The second kappa shape index (κ2) is 7.01. The molecule has 2 aromatic rings. The van der Waals surface area contributed by atoms with Crippen molar-refractivity contribution in [3.8, 4) is 17.5 Å². The van der Waals surface area contributed by atoms with Gasteiger partial charge in [0.2, 0.25) is 16.0 Å². The minimum absolute atomic E-state index is 0.0997. The SMILES string of the molecule is Cc1cnc(NC2CCN(S(C)(=O)=O)CC2)nc1-c1ncn(C)c1C#N. The summed E-state index contributed by atoms with van der Waals surface area (Å²) in [6.45, 7) is 2.83. The number of nitrogens with zero attached hydrogens (tertiary/aromatic N) is 6. The van der Waals surface area contributed by atoms with E-state index in [1.807, 2.05) is 6.92 Å². The minimum atomic E-state index is -3.14. The van der Waals surface area contributed by atoms with E-state index in [9.17, 15) is 13.7 Å². The molecule has 0 aromatic carbocycles. The molecule has 2 aromatic heterocycles. The monoisotopic (exact) mass is 375 g/mol. The molecule has 3 rings (SSSR count). The second-order valence-corrected chi connectivity index (χ2v) is 8.45. The van der Waals surface area contributed by atoms with Crippen LogP contribution in [0.1, 0.15) is 24.1 Å². The molecule has 3 heterocycles. The third-order valence-corrected chi connectivity index (χ3v) is 5.80. The first kappa shape index (κ1) is 18.3. The molecule has 0 spiro atoms. The van der Waals surface area contributed by atoms with E-state index in [4.69, 9.17) is 0 Å². The van der Waals surface area contributed by atoms with Crippen LogP contribution >= 0.6 is 0 Å². The Morgan fingerprint density at radius 1 is 1.27 bits per heavy atom. The number of anilines is 1. The first-order chi connectivity index (χ1) is 12.3. The van der Waals surface area contributed by atoms with Crippen LogP contribution in [0.4, 0.5) is 5.95 Å². The maximum atomic E-state index is 11.6. The predicted octanol–water partition coefficient (Wildman–Crippen LogP) is 0.893. The normalized spacial score (nSPS) is 16.4.